The number of rotatable bonds is 5. The largest absolute Gasteiger partial charge is 0.152 e. The highest BCUT2D eigenvalue weighted by Crippen LogP contribution is 2.34. The SMILES string of the molecule is CCCc1ccc(Sc2cc(C)c(N=[NH2+])cc2C)cc1. The van der Waals surface area contributed by atoms with Crippen LogP contribution in [0.25, 0.3) is 0 Å². The lowest BCUT2D eigenvalue weighted by Gasteiger charge is -2.08. The molecule has 2 nitrogen and oxygen atoms in total. The summed E-state index contributed by atoms with van der Waals surface area (Å²) in [7, 11) is 0. The molecule has 2 N–H and O–H groups in total. The van der Waals surface area contributed by atoms with Gasteiger partial charge in [-0.15, -0.1) is 0 Å². The molecule has 0 saturated heterocycles. The van der Waals surface area contributed by atoms with E-state index in [0.29, 0.717) is 0 Å². The Labute approximate surface area is 125 Å². The quantitative estimate of drug-likeness (QED) is 0.819. The minimum Gasteiger partial charge on any atom is -0.152 e. The van der Waals surface area contributed by atoms with Gasteiger partial charge in [-0.1, -0.05) is 37.2 Å². The second kappa shape index (κ2) is 6.71. The Balaban J connectivity index is 2.21. The molecule has 0 spiro atoms. The number of aryl methyl sites for hydroxylation is 3. The summed E-state index contributed by atoms with van der Waals surface area (Å²) in [6.45, 7) is 6.35. The van der Waals surface area contributed by atoms with Crippen molar-refractivity contribution in [2.45, 2.75) is 43.4 Å². The lowest BCUT2D eigenvalue weighted by molar-refractivity contribution is -0.210. The highest BCUT2D eigenvalue weighted by Gasteiger charge is 2.07. The van der Waals surface area contributed by atoms with Crippen molar-refractivity contribution in [1.82, 2.24) is 0 Å². The first-order valence-electron chi connectivity index (χ1n) is 6.93. The van der Waals surface area contributed by atoms with E-state index < -0.39 is 0 Å². The fourth-order valence-corrected chi connectivity index (χ4v) is 3.15. The van der Waals surface area contributed by atoms with Crippen LogP contribution < -0.4 is 5.53 Å². The third kappa shape index (κ3) is 3.48. The molecule has 2 rings (SSSR count). The fraction of sp³-hybridized carbons (Fsp3) is 0.294. The summed E-state index contributed by atoms with van der Waals surface area (Å²) < 4.78 is 0. The normalized spacial score (nSPS) is 10.6. The first-order valence-corrected chi connectivity index (χ1v) is 7.74. The van der Waals surface area contributed by atoms with Gasteiger partial charge in [-0.05, 0) is 66.3 Å². The molecule has 3 heteroatoms. The Kier molecular flexibility index (Phi) is 4.96. The monoisotopic (exact) mass is 285 g/mol. The van der Waals surface area contributed by atoms with Crippen LogP contribution in [0.2, 0.25) is 0 Å². The zero-order valence-electron chi connectivity index (χ0n) is 12.3. The topological polar surface area (TPSA) is 38.0 Å². The van der Waals surface area contributed by atoms with Gasteiger partial charge in [0.2, 0.25) is 0 Å². The third-order valence-electron chi connectivity index (χ3n) is 3.32. The Morgan fingerprint density at radius 2 is 1.75 bits per heavy atom. The molecule has 2 aromatic rings. The summed E-state index contributed by atoms with van der Waals surface area (Å²) in [5, 5.41) is 3.80. The number of nitrogens with zero attached hydrogens (tertiary/aromatic N) is 1. The highest BCUT2D eigenvalue weighted by molar-refractivity contribution is 7.99. The molecule has 0 heterocycles. The average Bonchev–Trinajstić information content (AvgIpc) is 2.45. The van der Waals surface area contributed by atoms with Gasteiger partial charge in [0, 0.05) is 9.79 Å². The number of hydrogen-bond donors (Lipinski definition) is 1. The summed E-state index contributed by atoms with van der Waals surface area (Å²) in [5.41, 5.74) is 9.98. The van der Waals surface area contributed by atoms with E-state index in [1.54, 1.807) is 11.8 Å². The van der Waals surface area contributed by atoms with Crippen molar-refractivity contribution >= 4 is 17.4 Å². The molecule has 0 bridgehead atoms. The van der Waals surface area contributed by atoms with E-state index >= 15 is 0 Å². The van der Waals surface area contributed by atoms with Crippen molar-refractivity contribution < 1.29 is 5.53 Å². The van der Waals surface area contributed by atoms with Gasteiger partial charge in [0.1, 0.15) is 5.69 Å². The van der Waals surface area contributed by atoms with Crippen LogP contribution in [0.5, 0.6) is 0 Å². The van der Waals surface area contributed by atoms with E-state index in [2.05, 4.69) is 49.3 Å². The predicted molar refractivity (Wildman–Crippen MR) is 84.5 cm³/mol. The zero-order valence-corrected chi connectivity index (χ0v) is 13.1. The minimum atomic E-state index is 0.866. The van der Waals surface area contributed by atoms with E-state index in [4.69, 9.17) is 5.53 Å². The van der Waals surface area contributed by atoms with Crippen molar-refractivity contribution in [2.24, 2.45) is 5.11 Å². The van der Waals surface area contributed by atoms with Crippen LogP contribution in [0, 0.1) is 13.8 Å². The van der Waals surface area contributed by atoms with E-state index in [0.717, 1.165) is 17.7 Å². The van der Waals surface area contributed by atoms with Gasteiger partial charge in [-0.25, -0.2) is 0 Å². The van der Waals surface area contributed by atoms with Gasteiger partial charge in [-0.3, -0.25) is 0 Å². The highest BCUT2D eigenvalue weighted by atomic mass is 32.2. The molecule has 0 fully saturated rings. The number of benzene rings is 2. The van der Waals surface area contributed by atoms with Crippen LogP contribution in [0.1, 0.15) is 30.0 Å². The molecule has 0 aliphatic heterocycles. The van der Waals surface area contributed by atoms with E-state index in [1.807, 2.05) is 13.0 Å². The van der Waals surface area contributed by atoms with Gasteiger partial charge >= 0.3 is 0 Å². The average molecular weight is 285 g/mol. The molecule has 0 aliphatic carbocycles. The van der Waals surface area contributed by atoms with Crippen molar-refractivity contribution in [3.63, 3.8) is 0 Å². The molecule has 0 radical (unpaired) electrons. The second-order valence-corrected chi connectivity index (χ2v) is 6.14. The summed E-state index contributed by atoms with van der Waals surface area (Å²) in [5.74, 6) is 0. The van der Waals surface area contributed by atoms with Crippen LogP contribution in [-0.4, -0.2) is 0 Å². The molecule has 104 valence electrons. The Bertz CT molecular complexity index is 603. The van der Waals surface area contributed by atoms with E-state index in [9.17, 15) is 0 Å². The lowest BCUT2D eigenvalue weighted by atomic mass is 10.1. The molecule has 0 amide bonds. The third-order valence-corrected chi connectivity index (χ3v) is 4.49. The molecule has 0 atom stereocenters. The van der Waals surface area contributed by atoms with E-state index in [1.165, 1.54) is 27.3 Å². The second-order valence-electron chi connectivity index (χ2n) is 5.03. The first-order chi connectivity index (χ1) is 9.63. The molecule has 0 saturated carbocycles. The molecular formula is C17H21N2S+. The molecule has 0 aliphatic rings. The van der Waals surface area contributed by atoms with Crippen LogP contribution in [-0.2, 0) is 6.42 Å². The summed E-state index contributed by atoms with van der Waals surface area (Å²) in [6.07, 6.45) is 2.34. The first kappa shape index (κ1) is 14.8. The van der Waals surface area contributed by atoms with Gasteiger partial charge in [-0.2, -0.15) is 5.53 Å². The van der Waals surface area contributed by atoms with Crippen molar-refractivity contribution in [3.05, 3.63) is 53.1 Å². The predicted octanol–water partition coefficient (Wildman–Crippen LogP) is 4.25. The maximum Gasteiger partial charge on any atom is 0.133 e. The van der Waals surface area contributed by atoms with Crippen LogP contribution in [0.3, 0.4) is 0 Å². The summed E-state index contributed by atoms with van der Waals surface area (Å²) >= 11 is 1.79. The Morgan fingerprint density at radius 1 is 1.05 bits per heavy atom. The summed E-state index contributed by atoms with van der Waals surface area (Å²) in [6, 6.07) is 13.0. The zero-order chi connectivity index (χ0) is 14.5. The molecule has 0 aromatic heterocycles. The van der Waals surface area contributed by atoms with Crippen LogP contribution in [0.15, 0.2) is 51.3 Å². The maximum atomic E-state index is 5.39. The van der Waals surface area contributed by atoms with E-state index in [-0.39, 0.29) is 0 Å². The Hall–Kier alpha value is -1.61. The molecule has 0 unspecified atom stereocenters. The lowest BCUT2D eigenvalue weighted by Crippen LogP contribution is -2.22. The van der Waals surface area contributed by atoms with Gasteiger partial charge in [0.15, 0.2) is 0 Å². The van der Waals surface area contributed by atoms with Crippen LogP contribution >= 0.6 is 11.8 Å². The number of hydrogen-bond acceptors (Lipinski definition) is 2. The fourth-order valence-electron chi connectivity index (χ4n) is 2.16. The van der Waals surface area contributed by atoms with Crippen molar-refractivity contribution in [2.75, 3.05) is 0 Å². The van der Waals surface area contributed by atoms with Gasteiger partial charge in [0.05, 0.1) is 0 Å². The smallest absolute Gasteiger partial charge is 0.133 e. The van der Waals surface area contributed by atoms with Gasteiger partial charge < -0.3 is 0 Å². The van der Waals surface area contributed by atoms with Gasteiger partial charge in [0.25, 0.3) is 0 Å². The van der Waals surface area contributed by atoms with Crippen molar-refractivity contribution in [1.29, 1.82) is 0 Å². The molecular weight excluding hydrogens is 264 g/mol. The van der Waals surface area contributed by atoms with Crippen LogP contribution in [0.4, 0.5) is 5.69 Å². The molecule has 2 aromatic carbocycles. The Morgan fingerprint density at radius 3 is 2.35 bits per heavy atom. The van der Waals surface area contributed by atoms with Crippen molar-refractivity contribution in [3.8, 4) is 0 Å². The number of nitrogens with two attached hydrogens (primary N) is 1. The standard InChI is InChI=1S/C17H20N2S/c1-4-5-14-6-8-15(9-7-14)20-17-11-12(2)16(19-18)10-13(17)3/h6-11,18H,4-5H2,1-3H3/p+1. The minimum absolute atomic E-state index is 0.866. The molecule has 20 heavy (non-hydrogen) atoms. The maximum absolute atomic E-state index is 5.39. The summed E-state index contributed by atoms with van der Waals surface area (Å²) in [4.78, 5) is 2.53.